The summed E-state index contributed by atoms with van der Waals surface area (Å²) in [5.41, 5.74) is -1.63. The van der Waals surface area contributed by atoms with Gasteiger partial charge in [-0.15, -0.1) is 11.3 Å². The number of carboxylic acid groups (broad SMARTS) is 1. The van der Waals surface area contributed by atoms with E-state index in [4.69, 9.17) is 9.84 Å². The minimum Gasteiger partial charge on any atom is -0.479 e. The van der Waals surface area contributed by atoms with Crippen molar-refractivity contribution >= 4 is 17.3 Å². The first-order valence-corrected chi connectivity index (χ1v) is 5.42. The third-order valence-electron chi connectivity index (χ3n) is 2.94. The van der Waals surface area contributed by atoms with Gasteiger partial charge in [0.2, 0.25) is 0 Å². The topological polar surface area (TPSA) is 49.8 Å². The summed E-state index contributed by atoms with van der Waals surface area (Å²) in [6.07, 6.45) is 0.497. The lowest BCUT2D eigenvalue weighted by molar-refractivity contribution is -0.143. The molecule has 2 heterocycles. The Morgan fingerprint density at radius 3 is 2.79 bits per heavy atom. The van der Waals surface area contributed by atoms with E-state index >= 15 is 0 Å². The number of aliphatic carboxylic acids is 1. The van der Waals surface area contributed by atoms with Crippen molar-refractivity contribution in [2.45, 2.75) is 31.5 Å². The standard InChI is InChI=1S/C10H12O3S/c1-3-10(8(11)12)9(2,13-10)7-5-4-6-14-7/h4-6H,3H2,1-2H3,(H,11,12)/t9-,10-/m0/s1. The Morgan fingerprint density at radius 1 is 1.71 bits per heavy atom. The van der Waals surface area contributed by atoms with Gasteiger partial charge in [-0.05, 0) is 24.8 Å². The molecule has 0 aromatic carbocycles. The number of carbonyl (C=O) groups is 1. The van der Waals surface area contributed by atoms with Crippen LogP contribution in [0.5, 0.6) is 0 Å². The molecule has 0 bridgehead atoms. The Hall–Kier alpha value is -0.870. The fourth-order valence-electron chi connectivity index (χ4n) is 1.93. The number of epoxide rings is 1. The maximum Gasteiger partial charge on any atom is 0.339 e. The third kappa shape index (κ3) is 0.980. The van der Waals surface area contributed by atoms with Crippen LogP contribution in [0.15, 0.2) is 17.5 Å². The first-order valence-electron chi connectivity index (χ1n) is 4.54. The fourth-order valence-corrected chi connectivity index (χ4v) is 2.82. The largest absolute Gasteiger partial charge is 0.479 e. The van der Waals surface area contributed by atoms with E-state index in [-0.39, 0.29) is 0 Å². The molecule has 76 valence electrons. The van der Waals surface area contributed by atoms with Gasteiger partial charge < -0.3 is 9.84 Å². The van der Waals surface area contributed by atoms with Crippen LogP contribution in [0.3, 0.4) is 0 Å². The summed E-state index contributed by atoms with van der Waals surface area (Å²) in [5.74, 6) is -0.865. The second kappa shape index (κ2) is 2.81. The average molecular weight is 212 g/mol. The lowest BCUT2D eigenvalue weighted by atomic mass is 9.90. The molecule has 2 atom stereocenters. The Morgan fingerprint density at radius 2 is 2.43 bits per heavy atom. The van der Waals surface area contributed by atoms with Crippen LogP contribution in [0.4, 0.5) is 0 Å². The molecule has 0 amide bonds. The second-order valence-corrected chi connectivity index (χ2v) is 4.55. The Kier molecular flexibility index (Phi) is 1.94. The maximum absolute atomic E-state index is 11.1. The number of carboxylic acids is 1. The van der Waals surface area contributed by atoms with Crippen molar-refractivity contribution in [1.82, 2.24) is 0 Å². The van der Waals surface area contributed by atoms with E-state index in [9.17, 15) is 4.79 Å². The van der Waals surface area contributed by atoms with Gasteiger partial charge in [-0.3, -0.25) is 0 Å². The Labute approximate surface area is 86.3 Å². The molecule has 14 heavy (non-hydrogen) atoms. The molecule has 1 aromatic heterocycles. The number of ether oxygens (including phenoxy) is 1. The first kappa shape index (κ1) is 9.68. The second-order valence-electron chi connectivity index (χ2n) is 3.60. The molecule has 2 rings (SSSR count). The highest BCUT2D eigenvalue weighted by Crippen LogP contribution is 2.58. The van der Waals surface area contributed by atoms with Gasteiger partial charge in [-0.25, -0.2) is 4.79 Å². The number of rotatable bonds is 3. The summed E-state index contributed by atoms with van der Waals surface area (Å²) in [4.78, 5) is 12.1. The predicted octanol–water partition coefficient (Wildman–Crippen LogP) is 2.23. The molecule has 1 saturated heterocycles. The quantitative estimate of drug-likeness (QED) is 0.781. The van der Waals surface area contributed by atoms with Crippen LogP contribution in [0.25, 0.3) is 0 Å². The van der Waals surface area contributed by atoms with Crippen molar-refractivity contribution in [3.05, 3.63) is 22.4 Å². The molecule has 1 aliphatic rings. The molecule has 4 heteroatoms. The van der Waals surface area contributed by atoms with E-state index in [0.717, 1.165) is 4.88 Å². The Bertz CT molecular complexity index is 359. The van der Waals surface area contributed by atoms with Crippen molar-refractivity contribution in [1.29, 1.82) is 0 Å². The summed E-state index contributed by atoms with van der Waals surface area (Å²) >= 11 is 1.54. The zero-order valence-electron chi connectivity index (χ0n) is 8.11. The van der Waals surface area contributed by atoms with Crippen LogP contribution in [0.1, 0.15) is 25.1 Å². The Balaban J connectivity index is 2.35. The van der Waals surface area contributed by atoms with E-state index in [1.807, 2.05) is 31.4 Å². The van der Waals surface area contributed by atoms with Gasteiger partial charge >= 0.3 is 5.97 Å². The molecule has 0 spiro atoms. The molecule has 0 unspecified atom stereocenters. The summed E-state index contributed by atoms with van der Waals surface area (Å²) in [7, 11) is 0. The van der Waals surface area contributed by atoms with Crippen LogP contribution in [-0.4, -0.2) is 16.7 Å². The van der Waals surface area contributed by atoms with Crippen molar-refractivity contribution in [2.24, 2.45) is 0 Å². The van der Waals surface area contributed by atoms with Crippen LogP contribution in [0.2, 0.25) is 0 Å². The van der Waals surface area contributed by atoms with E-state index in [1.165, 1.54) is 11.3 Å². The van der Waals surface area contributed by atoms with Gasteiger partial charge in [0, 0.05) is 4.88 Å². The first-order chi connectivity index (χ1) is 6.57. The molecule has 1 aliphatic heterocycles. The van der Waals surface area contributed by atoms with Crippen LogP contribution in [0, 0.1) is 0 Å². The predicted molar refractivity (Wildman–Crippen MR) is 53.4 cm³/mol. The molecule has 0 aliphatic carbocycles. The van der Waals surface area contributed by atoms with Gasteiger partial charge in [0.05, 0.1) is 0 Å². The molecular weight excluding hydrogens is 200 g/mol. The maximum atomic E-state index is 11.1. The van der Waals surface area contributed by atoms with E-state index in [2.05, 4.69) is 0 Å². The summed E-state index contributed by atoms with van der Waals surface area (Å²) in [5, 5.41) is 11.1. The summed E-state index contributed by atoms with van der Waals surface area (Å²) < 4.78 is 5.46. The van der Waals surface area contributed by atoms with Crippen molar-refractivity contribution in [3.63, 3.8) is 0 Å². The van der Waals surface area contributed by atoms with Gasteiger partial charge in [-0.2, -0.15) is 0 Å². The molecular formula is C10H12O3S. The van der Waals surface area contributed by atoms with Crippen molar-refractivity contribution in [2.75, 3.05) is 0 Å². The normalized spacial score (nSPS) is 35.6. The monoisotopic (exact) mass is 212 g/mol. The van der Waals surface area contributed by atoms with Crippen LogP contribution in [-0.2, 0) is 15.1 Å². The summed E-state index contributed by atoms with van der Waals surface area (Å²) in [6.45, 7) is 3.68. The molecule has 1 N–H and O–H groups in total. The number of hydrogen-bond donors (Lipinski definition) is 1. The molecule has 1 aromatic rings. The van der Waals surface area contributed by atoms with Gasteiger partial charge in [0.15, 0.2) is 5.60 Å². The van der Waals surface area contributed by atoms with Gasteiger partial charge in [0.25, 0.3) is 0 Å². The average Bonchev–Trinajstić information content (AvgIpc) is 2.59. The summed E-state index contributed by atoms with van der Waals surface area (Å²) in [6, 6.07) is 3.83. The molecule has 0 saturated carbocycles. The van der Waals surface area contributed by atoms with Crippen LogP contribution >= 0.6 is 11.3 Å². The number of hydrogen-bond acceptors (Lipinski definition) is 3. The lowest BCUT2D eigenvalue weighted by Crippen LogP contribution is -2.30. The van der Waals surface area contributed by atoms with Gasteiger partial charge in [-0.1, -0.05) is 13.0 Å². The highest BCUT2D eigenvalue weighted by Gasteiger charge is 2.72. The third-order valence-corrected chi connectivity index (χ3v) is 4.01. The van der Waals surface area contributed by atoms with Crippen molar-refractivity contribution in [3.8, 4) is 0 Å². The molecule has 1 fully saturated rings. The van der Waals surface area contributed by atoms with E-state index in [1.54, 1.807) is 0 Å². The number of thiophene rings is 1. The minimum absolute atomic E-state index is 0.497. The SMILES string of the molecule is CC[C@@]1(C(=O)O)O[C@@]1(C)c1cccs1. The molecule has 0 radical (unpaired) electrons. The lowest BCUT2D eigenvalue weighted by Gasteiger charge is -2.08. The van der Waals surface area contributed by atoms with Crippen molar-refractivity contribution < 1.29 is 14.6 Å². The molecule has 3 nitrogen and oxygen atoms in total. The highest BCUT2D eigenvalue weighted by atomic mass is 32.1. The van der Waals surface area contributed by atoms with Gasteiger partial charge in [0.1, 0.15) is 5.60 Å². The van der Waals surface area contributed by atoms with E-state index < -0.39 is 17.2 Å². The van der Waals surface area contributed by atoms with E-state index in [0.29, 0.717) is 6.42 Å². The van der Waals surface area contributed by atoms with Crippen LogP contribution < -0.4 is 0 Å². The smallest absolute Gasteiger partial charge is 0.339 e. The zero-order chi connectivity index (χ0) is 10.4. The zero-order valence-corrected chi connectivity index (χ0v) is 8.93. The highest BCUT2D eigenvalue weighted by molar-refractivity contribution is 7.10. The minimum atomic E-state index is -1.00. The fraction of sp³-hybridized carbons (Fsp3) is 0.500.